The molecule has 0 fully saturated rings. The molecule has 0 aromatic carbocycles. The van der Waals surface area contributed by atoms with E-state index in [1.165, 1.54) is 0 Å². The number of hydrogen-bond acceptors (Lipinski definition) is 2. The fourth-order valence-electron chi connectivity index (χ4n) is 0. The highest BCUT2D eigenvalue weighted by molar-refractivity contribution is 7.45. The number of carboxylic acids is 1. The first-order chi connectivity index (χ1) is 4.27. The van der Waals surface area contributed by atoms with Crippen LogP contribution < -0.4 is 0 Å². The number of carbonyl (C=O) groups is 1. The van der Waals surface area contributed by atoms with Gasteiger partial charge in [0.25, 0.3) is 0 Å². The van der Waals surface area contributed by atoms with Gasteiger partial charge in [-0.2, -0.15) is 0 Å². The minimum atomic E-state index is -4.64. The Morgan fingerprint density at radius 2 is 1.50 bits per heavy atom. The normalized spacial score (nSPS) is 9.10. The molecule has 4 N–H and O–H groups in total. The fourth-order valence-corrected chi connectivity index (χ4v) is 0. The van der Waals surface area contributed by atoms with Gasteiger partial charge in [0.15, 0.2) is 0 Å². The maximum Gasteiger partial charge on any atom is 0.466 e. The molecular formula is C3H7O6P. The molecule has 0 saturated carbocycles. The van der Waals surface area contributed by atoms with Crippen molar-refractivity contribution in [3.8, 4) is 0 Å². The molecule has 0 aromatic rings. The molecule has 0 heterocycles. The summed E-state index contributed by atoms with van der Waals surface area (Å²) in [6.07, 6.45) is 0.833. The van der Waals surface area contributed by atoms with Crippen molar-refractivity contribution in [2.45, 2.75) is 0 Å². The molecule has 0 unspecified atom stereocenters. The van der Waals surface area contributed by atoms with Crippen LogP contribution in [-0.2, 0) is 9.36 Å². The van der Waals surface area contributed by atoms with Gasteiger partial charge in [0.05, 0.1) is 0 Å². The molecule has 0 radical (unpaired) electrons. The first kappa shape index (κ1) is 12.0. The maximum atomic E-state index is 9.25. The Labute approximate surface area is 56.7 Å². The quantitative estimate of drug-likeness (QED) is 0.306. The summed E-state index contributed by atoms with van der Waals surface area (Å²) < 4.78 is 8.88. The zero-order chi connectivity index (χ0) is 8.78. The van der Waals surface area contributed by atoms with Gasteiger partial charge in [-0.05, 0) is 0 Å². The van der Waals surface area contributed by atoms with Crippen molar-refractivity contribution in [2.24, 2.45) is 0 Å². The van der Waals surface area contributed by atoms with Crippen molar-refractivity contribution < 1.29 is 29.1 Å². The van der Waals surface area contributed by atoms with E-state index in [4.69, 9.17) is 24.4 Å². The monoisotopic (exact) mass is 170 g/mol. The molecule has 0 aliphatic carbocycles. The summed E-state index contributed by atoms with van der Waals surface area (Å²) in [6, 6.07) is 0. The predicted molar refractivity (Wildman–Crippen MR) is 32.1 cm³/mol. The van der Waals surface area contributed by atoms with E-state index in [0.717, 1.165) is 6.08 Å². The molecule has 60 valence electrons. The average molecular weight is 170 g/mol. The highest BCUT2D eigenvalue weighted by Crippen LogP contribution is 2.25. The first-order valence-corrected chi connectivity index (χ1v) is 3.47. The zero-order valence-corrected chi connectivity index (χ0v) is 5.73. The second-order valence-corrected chi connectivity index (χ2v) is 2.08. The molecule has 0 aliphatic rings. The first-order valence-electron chi connectivity index (χ1n) is 1.91. The summed E-state index contributed by atoms with van der Waals surface area (Å²) in [4.78, 5) is 30.8. The molecule has 0 aliphatic heterocycles. The lowest BCUT2D eigenvalue weighted by molar-refractivity contribution is -0.131. The molecule has 7 heteroatoms. The van der Waals surface area contributed by atoms with Gasteiger partial charge in [0.2, 0.25) is 0 Å². The van der Waals surface area contributed by atoms with Crippen LogP contribution in [0.5, 0.6) is 0 Å². The Bertz CT molecular complexity index is 148. The van der Waals surface area contributed by atoms with Crippen molar-refractivity contribution in [3.05, 3.63) is 12.7 Å². The van der Waals surface area contributed by atoms with Crippen LogP contribution in [0.4, 0.5) is 0 Å². The smallest absolute Gasteiger partial charge is 0.466 e. The van der Waals surface area contributed by atoms with Crippen LogP contribution in [0.2, 0.25) is 0 Å². The molecule has 0 saturated heterocycles. The third-order valence-electron chi connectivity index (χ3n) is 0.175. The number of carboxylic acid groups (broad SMARTS) is 1. The molecule has 0 atom stereocenters. The van der Waals surface area contributed by atoms with Gasteiger partial charge in [-0.3, -0.25) is 0 Å². The number of hydrogen-bond donors (Lipinski definition) is 4. The molecular weight excluding hydrogens is 163 g/mol. The number of aliphatic carboxylic acids is 1. The van der Waals surface area contributed by atoms with Gasteiger partial charge in [-0.15, -0.1) is 0 Å². The summed E-state index contributed by atoms with van der Waals surface area (Å²) >= 11 is 0. The minimum Gasteiger partial charge on any atom is -0.478 e. The topological polar surface area (TPSA) is 115 Å². The second kappa shape index (κ2) is 5.13. The van der Waals surface area contributed by atoms with Crippen LogP contribution in [0.3, 0.4) is 0 Å². The lowest BCUT2D eigenvalue weighted by Gasteiger charge is -1.82. The molecule has 0 bridgehead atoms. The lowest BCUT2D eigenvalue weighted by atomic mass is 10.7. The third-order valence-corrected chi connectivity index (χ3v) is 0.175. The standard InChI is InChI=1S/C3H4O2.H3O4P/c1-2-3(4)5;1-5(2,3)4/h2H,1H2,(H,4,5);(H3,1,2,3,4). The van der Waals surface area contributed by atoms with Crippen LogP contribution in [0.1, 0.15) is 0 Å². The zero-order valence-electron chi connectivity index (χ0n) is 4.84. The SMILES string of the molecule is C=CC(=O)O.O=P(O)(O)O. The van der Waals surface area contributed by atoms with Crippen molar-refractivity contribution in [1.29, 1.82) is 0 Å². The number of phosphoric acid groups is 1. The van der Waals surface area contributed by atoms with Crippen LogP contribution in [-0.4, -0.2) is 25.8 Å². The summed E-state index contributed by atoms with van der Waals surface area (Å²) in [7, 11) is -4.64. The van der Waals surface area contributed by atoms with Gasteiger partial charge in [0.1, 0.15) is 0 Å². The minimum absolute atomic E-state index is 0.833. The molecule has 6 nitrogen and oxygen atoms in total. The lowest BCUT2D eigenvalue weighted by Crippen LogP contribution is -1.82. The Hall–Kier alpha value is -0.680. The Balaban J connectivity index is 0. The third kappa shape index (κ3) is 168. The van der Waals surface area contributed by atoms with E-state index in [2.05, 4.69) is 6.58 Å². The van der Waals surface area contributed by atoms with Crippen molar-refractivity contribution in [1.82, 2.24) is 0 Å². The average Bonchev–Trinajstić information content (AvgIpc) is 1.61. The van der Waals surface area contributed by atoms with Gasteiger partial charge in [-0.1, -0.05) is 6.58 Å². The number of rotatable bonds is 1. The van der Waals surface area contributed by atoms with E-state index < -0.39 is 13.8 Å². The van der Waals surface area contributed by atoms with E-state index in [0.29, 0.717) is 0 Å². The Morgan fingerprint density at radius 1 is 1.40 bits per heavy atom. The van der Waals surface area contributed by atoms with E-state index in [-0.39, 0.29) is 0 Å². The van der Waals surface area contributed by atoms with Gasteiger partial charge < -0.3 is 19.8 Å². The molecule has 0 amide bonds. The van der Waals surface area contributed by atoms with E-state index in [1.54, 1.807) is 0 Å². The summed E-state index contributed by atoms with van der Waals surface area (Å²) in [6.45, 7) is 2.96. The molecule has 0 spiro atoms. The molecule has 10 heavy (non-hydrogen) atoms. The van der Waals surface area contributed by atoms with Crippen LogP contribution in [0.25, 0.3) is 0 Å². The Morgan fingerprint density at radius 3 is 1.50 bits per heavy atom. The second-order valence-electron chi connectivity index (χ2n) is 1.06. The maximum absolute atomic E-state index is 9.25. The van der Waals surface area contributed by atoms with E-state index in [9.17, 15) is 4.79 Å². The largest absolute Gasteiger partial charge is 0.478 e. The highest BCUT2D eigenvalue weighted by Gasteiger charge is 2.00. The predicted octanol–water partition coefficient (Wildman–Crippen LogP) is -0.672. The van der Waals surface area contributed by atoms with Crippen LogP contribution >= 0.6 is 7.82 Å². The Kier molecular flexibility index (Phi) is 6.18. The van der Waals surface area contributed by atoms with Gasteiger partial charge in [0, 0.05) is 6.08 Å². The van der Waals surface area contributed by atoms with Crippen LogP contribution in [0.15, 0.2) is 12.7 Å². The highest BCUT2D eigenvalue weighted by atomic mass is 31.2. The molecule has 0 aromatic heterocycles. The molecule has 0 rings (SSSR count). The van der Waals surface area contributed by atoms with Crippen LogP contribution in [0, 0.1) is 0 Å². The van der Waals surface area contributed by atoms with Crippen molar-refractivity contribution in [3.63, 3.8) is 0 Å². The van der Waals surface area contributed by atoms with Crippen molar-refractivity contribution >= 4 is 13.8 Å². The van der Waals surface area contributed by atoms with Gasteiger partial charge in [-0.25, -0.2) is 9.36 Å². The summed E-state index contributed by atoms with van der Waals surface area (Å²) in [5.41, 5.74) is 0. The summed E-state index contributed by atoms with van der Waals surface area (Å²) in [5.74, 6) is -0.981. The fraction of sp³-hybridized carbons (Fsp3) is 0. The van der Waals surface area contributed by atoms with Gasteiger partial charge >= 0.3 is 13.8 Å². The summed E-state index contributed by atoms with van der Waals surface area (Å²) in [5, 5.41) is 7.60. The van der Waals surface area contributed by atoms with E-state index in [1.807, 2.05) is 0 Å². The van der Waals surface area contributed by atoms with Crippen molar-refractivity contribution in [2.75, 3.05) is 0 Å². The van der Waals surface area contributed by atoms with E-state index >= 15 is 0 Å².